The lowest BCUT2D eigenvalue weighted by Crippen LogP contribution is -2.47. The van der Waals surface area contributed by atoms with Gasteiger partial charge in [-0.25, -0.2) is 4.79 Å². The lowest BCUT2D eigenvalue weighted by molar-refractivity contribution is 0.188. The van der Waals surface area contributed by atoms with Gasteiger partial charge in [-0.05, 0) is 17.7 Å². The average molecular weight is 467 g/mol. The van der Waals surface area contributed by atoms with Crippen molar-refractivity contribution in [2.24, 2.45) is 7.05 Å². The number of aromatic nitrogens is 4. The number of aromatic amines is 1. The van der Waals surface area contributed by atoms with Crippen molar-refractivity contribution in [1.29, 1.82) is 0 Å². The van der Waals surface area contributed by atoms with Crippen LogP contribution in [0.5, 0.6) is 0 Å². The Kier molecular flexibility index (Phi) is 6.38. The topological polar surface area (TPSA) is 88.4 Å². The first kappa shape index (κ1) is 21.9. The molecule has 0 atom stereocenters. The van der Waals surface area contributed by atoms with E-state index in [-0.39, 0.29) is 0 Å². The van der Waals surface area contributed by atoms with E-state index in [1.54, 1.807) is 14.2 Å². The van der Waals surface area contributed by atoms with Gasteiger partial charge in [0.1, 0.15) is 0 Å². The molecule has 0 spiro atoms. The highest BCUT2D eigenvalue weighted by Gasteiger charge is 2.25. The summed E-state index contributed by atoms with van der Waals surface area (Å²) in [4.78, 5) is 36.0. The molecule has 3 aromatic rings. The van der Waals surface area contributed by atoms with Gasteiger partial charge in [0.25, 0.3) is 5.56 Å². The van der Waals surface area contributed by atoms with Crippen LogP contribution in [-0.2, 0) is 24.9 Å². The van der Waals surface area contributed by atoms with Gasteiger partial charge in [0, 0.05) is 53.4 Å². The fourth-order valence-electron chi connectivity index (χ4n) is 3.86. The van der Waals surface area contributed by atoms with E-state index >= 15 is 0 Å². The Morgan fingerprint density at radius 1 is 1.13 bits per heavy atom. The number of rotatable bonds is 6. The average Bonchev–Trinajstić information content (AvgIpc) is 3.14. The molecule has 11 heteroatoms. The van der Waals surface area contributed by atoms with Gasteiger partial charge in [0.05, 0.1) is 16.7 Å². The monoisotopic (exact) mass is 466 g/mol. The summed E-state index contributed by atoms with van der Waals surface area (Å²) in [6, 6.07) is 5.69. The quantitative estimate of drug-likeness (QED) is 0.594. The van der Waals surface area contributed by atoms with Gasteiger partial charge in [-0.1, -0.05) is 29.3 Å². The van der Waals surface area contributed by atoms with E-state index in [9.17, 15) is 9.59 Å². The van der Waals surface area contributed by atoms with Crippen LogP contribution in [0.15, 0.2) is 27.8 Å². The molecule has 1 N–H and O–H groups in total. The standard InChI is InChI=1S/C20H24Cl2N6O3/c1-25-17-16(18(29)24-20(25)30)28(9-10-31-2)19(23-17)27-7-5-26(6-8-27)12-13-3-4-14(21)15(22)11-13/h3-4,11H,5-10,12H2,1-2H3,(H,24,29,30). The molecule has 4 rings (SSSR count). The smallest absolute Gasteiger partial charge is 0.329 e. The van der Waals surface area contributed by atoms with Gasteiger partial charge in [-0.2, -0.15) is 4.98 Å². The van der Waals surface area contributed by atoms with Crippen LogP contribution in [0.25, 0.3) is 11.2 Å². The van der Waals surface area contributed by atoms with Crippen LogP contribution in [-0.4, -0.2) is 63.9 Å². The lowest BCUT2D eigenvalue weighted by atomic mass is 10.2. The predicted octanol–water partition coefficient (Wildman–Crippen LogP) is 1.70. The molecule has 166 valence electrons. The van der Waals surface area contributed by atoms with Crippen LogP contribution >= 0.6 is 23.2 Å². The van der Waals surface area contributed by atoms with Crippen molar-refractivity contribution in [1.82, 2.24) is 24.0 Å². The SMILES string of the molecule is COCCn1c(N2CCN(Cc3ccc(Cl)c(Cl)c3)CC2)nc2c1c(=O)[nH]c(=O)n2C. The summed E-state index contributed by atoms with van der Waals surface area (Å²) in [5, 5.41) is 1.11. The Labute approximate surface area is 188 Å². The number of imidazole rings is 1. The van der Waals surface area contributed by atoms with E-state index in [1.165, 1.54) is 4.57 Å². The Bertz CT molecular complexity index is 1210. The van der Waals surface area contributed by atoms with Crippen molar-refractivity contribution in [3.8, 4) is 0 Å². The number of piperazine rings is 1. The summed E-state index contributed by atoms with van der Waals surface area (Å²) >= 11 is 12.1. The second-order valence-electron chi connectivity index (χ2n) is 7.56. The molecule has 3 heterocycles. The van der Waals surface area contributed by atoms with E-state index in [4.69, 9.17) is 27.9 Å². The van der Waals surface area contributed by atoms with Crippen molar-refractivity contribution in [2.75, 3.05) is 44.8 Å². The van der Waals surface area contributed by atoms with Gasteiger partial charge >= 0.3 is 5.69 Å². The first-order valence-electron chi connectivity index (χ1n) is 9.98. The summed E-state index contributed by atoms with van der Waals surface area (Å²) in [6.07, 6.45) is 0. The largest absolute Gasteiger partial charge is 0.383 e. The molecule has 1 saturated heterocycles. The zero-order chi connectivity index (χ0) is 22.1. The van der Waals surface area contributed by atoms with Gasteiger partial charge in [0.15, 0.2) is 11.2 Å². The van der Waals surface area contributed by atoms with E-state index in [0.717, 1.165) is 38.3 Å². The van der Waals surface area contributed by atoms with Crippen molar-refractivity contribution < 1.29 is 4.74 Å². The van der Waals surface area contributed by atoms with Crippen molar-refractivity contribution in [3.63, 3.8) is 0 Å². The highest BCUT2D eigenvalue weighted by molar-refractivity contribution is 6.42. The molecule has 0 saturated carbocycles. The van der Waals surface area contributed by atoms with E-state index in [0.29, 0.717) is 40.3 Å². The fourth-order valence-corrected chi connectivity index (χ4v) is 4.18. The maximum absolute atomic E-state index is 12.5. The van der Waals surface area contributed by atoms with Crippen LogP contribution < -0.4 is 16.1 Å². The number of nitrogens with one attached hydrogen (secondary N) is 1. The van der Waals surface area contributed by atoms with Gasteiger partial charge < -0.3 is 14.2 Å². The predicted molar refractivity (Wildman–Crippen MR) is 121 cm³/mol. The molecule has 2 aromatic heterocycles. The van der Waals surface area contributed by atoms with E-state index in [1.807, 2.05) is 22.8 Å². The third kappa shape index (κ3) is 4.36. The minimum Gasteiger partial charge on any atom is -0.383 e. The molecule has 1 fully saturated rings. The molecule has 1 aromatic carbocycles. The van der Waals surface area contributed by atoms with Crippen LogP contribution in [0.2, 0.25) is 10.0 Å². The fraction of sp³-hybridized carbons (Fsp3) is 0.450. The van der Waals surface area contributed by atoms with Gasteiger partial charge in [-0.3, -0.25) is 19.2 Å². The summed E-state index contributed by atoms with van der Waals surface area (Å²) in [6.45, 7) is 4.79. The molecule has 9 nitrogen and oxygen atoms in total. The van der Waals surface area contributed by atoms with Crippen molar-refractivity contribution >= 4 is 40.3 Å². The van der Waals surface area contributed by atoms with E-state index < -0.39 is 11.2 Å². The van der Waals surface area contributed by atoms with Crippen LogP contribution in [0.1, 0.15) is 5.56 Å². The van der Waals surface area contributed by atoms with Crippen LogP contribution in [0.4, 0.5) is 5.95 Å². The third-order valence-corrected chi connectivity index (χ3v) is 6.29. The molecule has 0 aliphatic carbocycles. The van der Waals surface area contributed by atoms with Crippen LogP contribution in [0, 0.1) is 0 Å². The molecule has 0 radical (unpaired) electrons. The van der Waals surface area contributed by atoms with Crippen molar-refractivity contribution in [2.45, 2.75) is 13.1 Å². The minimum atomic E-state index is -0.480. The minimum absolute atomic E-state index is 0.373. The van der Waals surface area contributed by atoms with Gasteiger partial charge in [0.2, 0.25) is 5.95 Å². The van der Waals surface area contributed by atoms with E-state index in [2.05, 4.69) is 19.8 Å². The molecular weight excluding hydrogens is 443 g/mol. The number of methoxy groups -OCH3 is 1. The molecule has 1 aliphatic heterocycles. The van der Waals surface area contributed by atoms with Crippen LogP contribution in [0.3, 0.4) is 0 Å². The Morgan fingerprint density at radius 3 is 2.55 bits per heavy atom. The number of halogens is 2. The maximum Gasteiger partial charge on any atom is 0.329 e. The number of hydrogen-bond acceptors (Lipinski definition) is 6. The summed E-state index contributed by atoms with van der Waals surface area (Å²) in [7, 11) is 3.22. The highest BCUT2D eigenvalue weighted by atomic mass is 35.5. The van der Waals surface area contributed by atoms with Crippen molar-refractivity contribution in [3.05, 3.63) is 54.6 Å². The number of benzene rings is 1. The van der Waals surface area contributed by atoms with Gasteiger partial charge in [-0.15, -0.1) is 0 Å². The third-order valence-electron chi connectivity index (χ3n) is 5.55. The molecule has 1 aliphatic rings. The Balaban J connectivity index is 1.57. The second kappa shape index (κ2) is 9.04. The summed E-state index contributed by atoms with van der Waals surface area (Å²) in [5.74, 6) is 0.674. The molecule has 0 unspecified atom stereocenters. The number of anilines is 1. The second-order valence-corrected chi connectivity index (χ2v) is 8.37. The summed E-state index contributed by atoms with van der Waals surface area (Å²) < 4.78 is 8.43. The highest BCUT2D eigenvalue weighted by Crippen LogP contribution is 2.24. The normalized spacial score (nSPS) is 15.2. The number of ether oxygens (including phenoxy) is 1. The summed E-state index contributed by atoms with van der Waals surface area (Å²) in [5.41, 5.74) is 0.945. The maximum atomic E-state index is 12.5. The Hall–Kier alpha value is -2.33. The number of nitrogens with zero attached hydrogens (tertiary/aromatic N) is 5. The molecule has 0 bridgehead atoms. The number of H-pyrrole nitrogens is 1. The number of fused-ring (bicyclic) bond motifs is 1. The molecular formula is C20H24Cl2N6O3. The zero-order valence-corrected chi connectivity index (χ0v) is 18.9. The zero-order valence-electron chi connectivity index (χ0n) is 17.4. The first-order chi connectivity index (χ1) is 14.9. The Morgan fingerprint density at radius 2 is 1.87 bits per heavy atom. The number of hydrogen-bond donors (Lipinski definition) is 1. The molecule has 31 heavy (non-hydrogen) atoms. The first-order valence-corrected chi connectivity index (χ1v) is 10.7. The molecule has 0 amide bonds. The lowest BCUT2D eigenvalue weighted by Gasteiger charge is -2.35. The number of aryl methyl sites for hydroxylation is 1.